The summed E-state index contributed by atoms with van der Waals surface area (Å²) in [4.78, 5) is 36.4. The van der Waals surface area contributed by atoms with E-state index in [4.69, 9.17) is 13.9 Å². The first kappa shape index (κ1) is 17.7. The minimum Gasteiger partial charge on any atom is -0.462 e. The zero-order chi connectivity index (χ0) is 17.5. The van der Waals surface area contributed by atoms with Crippen molar-refractivity contribution in [1.29, 1.82) is 0 Å². The molecule has 2 heterocycles. The Labute approximate surface area is 142 Å². The number of nitrogens with one attached hydrogen (secondary N) is 1. The van der Waals surface area contributed by atoms with Gasteiger partial charge in [0.25, 0.3) is 5.91 Å². The van der Waals surface area contributed by atoms with Crippen LogP contribution in [-0.2, 0) is 20.7 Å². The van der Waals surface area contributed by atoms with Crippen LogP contribution in [-0.4, -0.2) is 31.1 Å². The second-order valence-electron chi connectivity index (χ2n) is 4.63. The maximum atomic E-state index is 12.0. The highest BCUT2D eigenvalue weighted by Gasteiger charge is 2.19. The van der Waals surface area contributed by atoms with Crippen LogP contribution in [0.5, 0.6) is 0 Å². The Kier molecular flexibility index (Phi) is 6.14. The predicted octanol–water partition coefficient (Wildman–Crippen LogP) is 2.88. The minimum absolute atomic E-state index is 0.0133. The molecule has 0 unspecified atom stereocenters. The number of esters is 2. The predicted molar refractivity (Wildman–Crippen MR) is 87.3 cm³/mol. The van der Waals surface area contributed by atoms with Crippen LogP contribution in [0, 0.1) is 0 Å². The SMILES string of the molecule is CCOC(=O)c1cc(CC)sc1NC(=O)COC(=O)c1ccco1. The summed E-state index contributed by atoms with van der Waals surface area (Å²) in [6.07, 6.45) is 2.06. The number of amides is 1. The highest BCUT2D eigenvalue weighted by atomic mass is 32.1. The molecule has 0 aliphatic heterocycles. The Balaban J connectivity index is 1.99. The molecule has 1 amide bonds. The molecule has 128 valence electrons. The molecule has 0 saturated heterocycles. The van der Waals surface area contributed by atoms with Crippen molar-refractivity contribution in [3.8, 4) is 0 Å². The van der Waals surface area contributed by atoms with Gasteiger partial charge in [-0.1, -0.05) is 6.92 Å². The van der Waals surface area contributed by atoms with Gasteiger partial charge in [0.05, 0.1) is 18.4 Å². The first-order valence-corrected chi connectivity index (χ1v) is 8.17. The summed E-state index contributed by atoms with van der Waals surface area (Å²) in [5.41, 5.74) is 0.296. The Bertz CT molecular complexity index is 719. The van der Waals surface area contributed by atoms with Gasteiger partial charge >= 0.3 is 11.9 Å². The van der Waals surface area contributed by atoms with Gasteiger partial charge in [-0.25, -0.2) is 9.59 Å². The average Bonchev–Trinajstić information content (AvgIpc) is 3.22. The number of anilines is 1. The van der Waals surface area contributed by atoms with Gasteiger partial charge in [0.1, 0.15) is 5.00 Å². The number of furan rings is 1. The van der Waals surface area contributed by atoms with Crippen molar-refractivity contribution in [2.45, 2.75) is 20.3 Å². The molecule has 24 heavy (non-hydrogen) atoms. The van der Waals surface area contributed by atoms with Gasteiger partial charge < -0.3 is 19.2 Å². The summed E-state index contributed by atoms with van der Waals surface area (Å²) >= 11 is 1.28. The molecule has 0 saturated carbocycles. The monoisotopic (exact) mass is 351 g/mol. The molecular weight excluding hydrogens is 334 g/mol. The highest BCUT2D eigenvalue weighted by molar-refractivity contribution is 7.16. The molecule has 0 bridgehead atoms. The molecule has 7 nitrogen and oxygen atoms in total. The third-order valence-corrected chi connectivity index (χ3v) is 4.13. The zero-order valence-corrected chi connectivity index (χ0v) is 14.1. The van der Waals surface area contributed by atoms with E-state index in [-0.39, 0.29) is 12.4 Å². The number of carbonyl (C=O) groups excluding carboxylic acids is 3. The van der Waals surface area contributed by atoms with Crippen molar-refractivity contribution in [3.05, 3.63) is 40.7 Å². The van der Waals surface area contributed by atoms with E-state index in [1.807, 2.05) is 6.92 Å². The lowest BCUT2D eigenvalue weighted by Gasteiger charge is -2.06. The van der Waals surface area contributed by atoms with Crippen LogP contribution >= 0.6 is 11.3 Å². The van der Waals surface area contributed by atoms with Crippen LogP contribution in [0.1, 0.15) is 39.6 Å². The van der Waals surface area contributed by atoms with Crippen LogP contribution in [0.25, 0.3) is 0 Å². The summed E-state index contributed by atoms with van der Waals surface area (Å²) < 4.78 is 14.7. The van der Waals surface area contributed by atoms with Crippen molar-refractivity contribution in [3.63, 3.8) is 0 Å². The highest BCUT2D eigenvalue weighted by Crippen LogP contribution is 2.29. The van der Waals surface area contributed by atoms with Crippen molar-refractivity contribution in [2.75, 3.05) is 18.5 Å². The summed E-state index contributed by atoms with van der Waals surface area (Å²) in [6, 6.07) is 4.67. The molecule has 2 aromatic heterocycles. The fraction of sp³-hybridized carbons (Fsp3) is 0.312. The summed E-state index contributed by atoms with van der Waals surface area (Å²) in [5.74, 6) is -1.78. The summed E-state index contributed by atoms with van der Waals surface area (Å²) in [6.45, 7) is 3.40. The number of hydrogen-bond acceptors (Lipinski definition) is 7. The van der Waals surface area contributed by atoms with E-state index in [2.05, 4.69) is 5.32 Å². The number of carbonyl (C=O) groups is 3. The van der Waals surface area contributed by atoms with E-state index in [1.165, 1.54) is 23.7 Å². The quantitative estimate of drug-likeness (QED) is 0.771. The second-order valence-corrected chi connectivity index (χ2v) is 5.77. The third-order valence-electron chi connectivity index (χ3n) is 2.94. The largest absolute Gasteiger partial charge is 0.462 e. The van der Waals surface area contributed by atoms with Gasteiger partial charge in [-0.05, 0) is 31.5 Å². The Morgan fingerprint density at radius 3 is 2.62 bits per heavy atom. The standard InChI is InChI=1S/C16H17NO6S/c1-3-10-8-11(15(19)21-4-2)14(24-10)17-13(18)9-23-16(20)12-6-5-7-22-12/h5-8H,3-4,9H2,1-2H3,(H,17,18). The lowest BCUT2D eigenvalue weighted by molar-refractivity contribution is -0.119. The normalized spacial score (nSPS) is 10.2. The van der Waals surface area contributed by atoms with Crippen LogP contribution in [0.4, 0.5) is 5.00 Å². The van der Waals surface area contributed by atoms with E-state index in [9.17, 15) is 14.4 Å². The summed E-state index contributed by atoms with van der Waals surface area (Å²) in [7, 11) is 0. The Morgan fingerprint density at radius 2 is 2.00 bits per heavy atom. The number of rotatable bonds is 7. The van der Waals surface area contributed by atoms with Crippen LogP contribution < -0.4 is 5.32 Å². The van der Waals surface area contributed by atoms with Gasteiger partial charge in [0.2, 0.25) is 5.76 Å². The van der Waals surface area contributed by atoms with Crippen LogP contribution in [0.3, 0.4) is 0 Å². The molecule has 0 aliphatic rings. The third kappa shape index (κ3) is 4.45. The maximum Gasteiger partial charge on any atom is 0.374 e. The van der Waals surface area contributed by atoms with Crippen LogP contribution in [0.15, 0.2) is 28.9 Å². The van der Waals surface area contributed by atoms with E-state index in [1.54, 1.807) is 19.1 Å². The van der Waals surface area contributed by atoms with Gasteiger partial charge in [0, 0.05) is 4.88 Å². The van der Waals surface area contributed by atoms with E-state index in [0.717, 1.165) is 11.3 Å². The number of thiophene rings is 1. The van der Waals surface area contributed by atoms with Gasteiger partial charge in [-0.2, -0.15) is 0 Å². The van der Waals surface area contributed by atoms with Crippen molar-refractivity contribution < 1.29 is 28.3 Å². The maximum absolute atomic E-state index is 12.0. The number of ether oxygens (including phenoxy) is 2. The van der Waals surface area contributed by atoms with Crippen LogP contribution in [0.2, 0.25) is 0 Å². The van der Waals surface area contributed by atoms with E-state index >= 15 is 0 Å². The number of aryl methyl sites for hydroxylation is 1. The average molecular weight is 351 g/mol. The lowest BCUT2D eigenvalue weighted by atomic mass is 10.2. The summed E-state index contributed by atoms with van der Waals surface area (Å²) in [5, 5.41) is 2.96. The first-order chi connectivity index (χ1) is 11.5. The molecule has 0 fully saturated rings. The van der Waals surface area contributed by atoms with Crippen molar-refractivity contribution >= 4 is 34.2 Å². The molecule has 2 rings (SSSR count). The Hall–Kier alpha value is -2.61. The first-order valence-electron chi connectivity index (χ1n) is 7.35. The minimum atomic E-state index is -0.735. The Morgan fingerprint density at radius 1 is 1.21 bits per heavy atom. The van der Waals surface area contributed by atoms with Gasteiger partial charge in [-0.15, -0.1) is 11.3 Å². The molecule has 8 heteroatoms. The molecule has 0 atom stereocenters. The number of hydrogen-bond donors (Lipinski definition) is 1. The topological polar surface area (TPSA) is 94.8 Å². The lowest BCUT2D eigenvalue weighted by Crippen LogP contribution is -2.21. The van der Waals surface area contributed by atoms with E-state index < -0.39 is 24.5 Å². The molecule has 0 spiro atoms. The van der Waals surface area contributed by atoms with Gasteiger partial charge in [0.15, 0.2) is 6.61 Å². The van der Waals surface area contributed by atoms with Gasteiger partial charge in [-0.3, -0.25) is 4.79 Å². The molecular formula is C16H17NO6S. The smallest absolute Gasteiger partial charge is 0.374 e. The fourth-order valence-corrected chi connectivity index (χ4v) is 2.83. The van der Waals surface area contributed by atoms with Crippen molar-refractivity contribution in [1.82, 2.24) is 0 Å². The second kappa shape index (κ2) is 8.30. The van der Waals surface area contributed by atoms with Crippen molar-refractivity contribution in [2.24, 2.45) is 0 Å². The zero-order valence-electron chi connectivity index (χ0n) is 13.3. The molecule has 2 aromatic rings. The molecule has 0 radical (unpaired) electrons. The molecule has 0 aliphatic carbocycles. The van der Waals surface area contributed by atoms with E-state index in [0.29, 0.717) is 10.6 Å². The molecule has 0 aromatic carbocycles. The molecule has 1 N–H and O–H groups in total. The fourth-order valence-electron chi connectivity index (χ4n) is 1.83.